The topological polar surface area (TPSA) is 38.4 Å². The van der Waals surface area contributed by atoms with Crippen molar-refractivity contribution in [1.82, 2.24) is 0 Å². The number of hydrogen-bond acceptors (Lipinski definition) is 1. The lowest BCUT2D eigenvalue weighted by molar-refractivity contribution is -0.172. The van der Waals surface area contributed by atoms with E-state index in [1.807, 2.05) is 50.2 Å². The van der Waals surface area contributed by atoms with Gasteiger partial charge in [0, 0.05) is 12.0 Å². The van der Waals surface area contributed by atoms with Crippen molar-refractivity contribution < 1.29 is 13.2 Å². The van der Waals surface area contributed by atoms with Gasteiger partial charge in [0.15, 0.2) is 0 Å². The summed E-state index contributed by atoms with van der Waals surface area (Å²) in [5, 5.41) is 0. The molecule has 0 saturated heterocycles. The molecule has 1 aliphatic carbocycles. The molecule has 0 aliphatic heterocycles. The molecule has 2 aromatic rings. The first-order chi connectivity index (χ1) is 15.1. The molecule has 3 rings (SSSR count). The minimum absolute atomic E-state index is 0.0648. The number of hydrogen-bond donors (Lipinski definition) is 1. The van der Waals surface area contributed by atoms with E-state index in [0.717, 1.165) is 28.0 Å². The number of rotatable bonds is 6. The van der Waals surface area contributed by atoms with Gasteiger partial charge in [-0.3, -0.25) is 0 Å². The number of alkyl halides is 3. The number of allylic oxidation sites excluding steroid dienone is 1. The van der Waals surface area contributed by atoms with E-state index in [-0.39, 0.29) is 18.8 Å². The molecule has 2 atom stereocenters. The lowest BCUT2D eigenvalue weighted by Gasteiger charge is -2.18. The van der Waals surface area contributed by atoms with Crippen molar-refractivity contribution in [3.63, 3.8) is 0 Å². The molecule has 1 fully saturated rings. The monoisotopic (exact) mass is 442 g/mol. The predicted octanol–water partition coefficient (Wildman–Crippen LogP) is 7.91. The van der Waals surface area contributed by atoms with Crippen LogP contribution in [-0.2, 0) is 0 Å². The average Bonchev–Trinajstić information content (AvgIpc) is 3.28. The molecule has 1 aliphatic rings. The molecule has 2 aromatic carbocycles. The Balaban J connectivity index is 2.06. The van der Waals surface area contributed by atoms with Crippen LogP contribution in [0.2, 0.25) is 0 Å². The van der Waals surface area contributed by atoms with Crippen LogP contribution in [0.1, 0.15) is 87.5 Å². The van der Waals surface area contributed by atoms with Crippen LogP contribution in [0.3, 0.4) is 0 Å². The second kappa shape index (κ2) is 9.93. The Kier molecular flexibility index (Phi) is 7.47. The van der Waals surface area contributed by atoms with Crippen molar-refractivity contribution in [2.24, 2.45) is 16.6 Å². The quantitative estimate of drug-likeness (QED) is 0.275. The third-order valence-electron chi connectivity index (χ3n) is 6.50. The Bertz CT molecular complexity index is 1000. The minimum Gasteiger partial charge on any atom is -0.387 e. The van der Waals surface area contributed by atoms with Gasteiger partial charge in [-0.25, -0.2) is 4.99 Å². The van der Waals surface area contributed by atoms with E-state index in [9.17, 15) is 13.2 Å². The molecule has 2 nitrogen and oxygen atoms in total. The van der Waals surface area contributed by atoms with Gasteiger partial charge in [-0.15, -0.1) is 0 Å². The zero-order valence-corrected chi connectivity index (χ0v) is 19.3. The summed E-state index contributed by atoms with van der Waals surface area (Å²) in [5.41, 5.74) is 12.1. The van der Waals surface area contributed by atoms with E-state index in [0.29, 0.717) is 24.6 Å². The normalized spacial score (nSPS) is 20.6. The third-order valence-corrected chi connectivity index (χ3v) is 6.50. The van der Waals surface area contributed by atoms with Crippen molar-refractivity contribution in [3.05, 3.63) is 70.8 Å². The van der Waals surface area contributed by atoms with Crippen LogP contribution in [0.25, 0.3) is 11.3 Å². The summed E-state index contributed by atoms with van der Waals surface area (Å²) >= 11 is 0. The molecular formula is C27H33F3N2. The van der Waals surface area contributed by atoms with Gasteiger partial charge >= 0.3 is 6.18 Å². The Morgan fingerprint density at radius 3 is 2.44 bits per heavy atom. The van der Waals surface area contributed by atoms with Gasteiger partial charge in [-0.1, -0.05) is 69.3 Å². The van der Waals surface area contributed by atoms with E-state index in [4.69, 9.17) is 10.7 Å². The maximum absolute atomic E-state index is 13.2. The molecule has 0 spiro atoms. The molecule has 5 heteroatoms. The fourth-order valence-electron chi connectivity index (χ4n) is 4.53. The number of nitrogens with two attached hydrogens (primary N) is 1. The predicted molar refractivity (Wildman–Crippen MR) is 128 cm³/mol. The van der Waals surface area contributed by atoms with Crippen molar-refractivity contribution in [2.45, 2.75) is 71.4 Å². The van der Waals surface area contributed by atoms with E-state index in [1.165, 1.54) is 5.56 Å². The van der Waals surface area contributed by atoms with Gasteiger partial charge in [0.2, 0.25) is 0 Å². The molecular weight excluding hydrogens is 409 g/mol. The van der Waals surface area contributed by atoms with Crippen LogP contribution in [0, 0.1) is 5.92 Å². The highest BCUT2D eigenvalue weighted by molar-refractivity contribution is 5.96. The lowest BCUT2D eigenvalue weighted by Crippen LogP contribution is -2.19. The minimum atomic E-state index is -4.11. The zero-order chi connectivity index (χ0) is 23.5. The second-order valence-corrected chi connectivity index (χ2v) is 9.05. The summed E-state index contributed by atoms with van der Waals surface area (Å²) in [6.07, 6.45) is -2.53. The molecule has 2 unspecified atom stereocenters. The molecule has 0 bridgehead atoms. The molecule has 0 amide bonds. The van der Waals surface area contributed by atoms with Gasteiger partial charge < -0.3 is 5.73 Å². The van der Waals surface area contributed by atoms with Crippen LogP contribution in [0.5, 0.6) is 0 Å². The highest BCUT2D eigenvalue weighted by Crippen LogP contribution is 2.46. The smallest absolute Gasteiger partial charge is 0.387 e. The number of aliphatic imine (C=N–C) groups is 1. The van der Waals surface area contributed by atoms with Crippen molar-refractivity contribution in [1.29, 1.82) is 0 Å². The first-order valence-corrected chi connectivity index (χ1v) is 11.4. The summed E-state index contributed by atoms with van der Waals surface area (Å²) in [6.45, 7) is 8.29. The van der Waals surface area contributed by atoms with Crippen LogP contribution in [0.4, 0.5) is 13.2 Å². The SMILES string of the molecule is CC/C(N)=N\C(=C(/C)c1cccc(C2CCC(C(F)(F)F)C2)c1)c1ccccc1C(C)C. The summed E-state index contributed by atoms with van der Waals surface area (Å²) in [6, 6.07) is 16.1. The molecule has 0 aromatic heterocycles. The van der Waals surface area contributed by atoms with E-state index in [2.05, 4.69) is 26.0 Å². The maximum atomic E-state index is 13.2. The van der Waals surface area contributed by atoms with Crippen molar-refractivity contribution in [3.8, 4) is 0 Å². The van der Waals surface area contributed by atoms with Gasteiger partial charge in [-0.2, -0.15) is 13.2 Å². The van der Waals surface area contributed by atoms with Crippen molar-refractivity contribution >= 4 is 17.1 Å². The van der Waals surface area contributed by atoms with Gasteiger partial charge in [0.1, 0.15) is 0 Å². The lowest BCUT2D eigenvalue weighted by atomic mass is 9.90. The number of halogens is 3. The van der Waals surface area contributed by atoms with E-state index in [1.54, 1.807) is 0 Å². The molecule has 2 N–H and O–H groups in total. The maximum Gasteiger partial charge on any atom is 0.391 e. The van der Waals surface area contributed by atoms with Gasteiger partial charge in [0.05, 0.1) is 17.5 Å². The fraction of sp³-hybridized carbons (Fsp3) is 0.444. The standard InChI is InChI=1S/C27H33F3N2/c1-5-25(31)32-26(24-12-7-6-11-23(24)17(2)3)18(4)19-9-8-10-20(15-19)21-13-14-22(16-21)27(28,29)30/h6-12,15,17,21-22H,5,13-14,16H2,1-4H3,(H2,31,32)/b26-18+. The highest BCUT2D eigenvalue weighted by Gasteiger charge is 2.44. The molecule has 1 saturated carbocycles. The van der Waals surface area contributed by atoms with Gasteiger partial charge in [-0.05, 0) is 60.3 Å². The average molecular weight is 443 g/mol. The molecule has 172 valence electrons. The number of amidine groups is 1. The highest BCUT2D eigenvalue weighted by atomic mass is 19.4. The van der Waals surface area contributed by atoms with Crippen LogP contribution in [0.15, 0.2) is 53.5 Å². The van der Waals surface area contributed by atoms with E-state index < -0.39 is 12.1 Å². The van der Waals surface area contributed by atoms with Crippen LogP contribution < -0.4 is 5.73 Å². The van der Waals surface area contributed by atoms with Crippen LogP contribution in [-0.4, -0.2) is 12.0 Å². The van der Waals surface area contributed by atoms with Crippen molar-refractivity contribution in [2.75, 3.05) is 0 Å². The first-order valence-electron chi connectivity index (χ1n) is 11.4. The Morgan fingerprint density at radius 2 is 1.81 bits per heavy atom. The summed E-state index contributed by atoms with van der Waals surface area (Å²) in [4.78, 5) is 4.78. The zero-order valence-electron chi connectivity index (χ0n) is 19.3. The Labute approximate surface area is 189 Å². The Morgan fingerprint density at radius 1 is 1.09 bits per heavy atom. The van der Waals surface area contributed by atoms with Gasteiger partial charge in [0.25, 0.3) is 0 Å². The Hall–Kier alpha value is -2.56. The third kappa shape index (κ3) is 5.43. The summed E-state index contributed by atoms with van der Waals surface area (Å²) < 4.78 is 39.5. The number of benzene rings is 2. The largest absolute Gasteiger partial charge is 0.391 e. The second-order valence-electron chi connectivity index (χ2n) is 9.05. The number of nitrogens with zero attached hydrogens (tertiary/aromatic N) is 1. The molecule has 0 radical (unpaired) electrons. The summed E-state index contributed by atoms with van der Waals surface area (Å²) in [5.74, 6) is -0.394. The summed E-state index contributed by atoms with van der Waals surface area (Å²) in [7, 11) is 0. The molecule has 32 heavy (non-hydrogen) atoms. The fourth-order valence-corrected chi connectivity index (χ4v) is 4.53. The van der Waals surface area contributed by atoms with E-state index >= 15 is 0 Å². The van der Waals surface area contributed by atoms with Crippen LogP contribution >= 0.6 is 0 Å². The first kappa shape index (κ1) is 24.1. The molecule has 0 heterocycles.